The number of hydrogen-bond donors (Lipinski definition) is 2. The molecule has 150 valence electrons. The van der Waals surface area contributed by atoms with E-state index < -0.39 is 0 Å². The molecule has 3 N–H and O–H groups in total. The third kappa shape index (κ3) is 3.81. The van der Waals surface area contributed by atoms with Crippen LogP contribution in [0.3, 0.4) is 0 Å². The minimum Gasteiger partial charge on any atom is -0.368 e. The van der Waals surface area contributed by atoms with Gasteiger partial charge in [-0.25, -0.2) is 9.67 Å². The zero-order valence-corrected chi connectivity index (χ0v) is 17.9. The summed E-state index contributed by atoms with van der Waals surface area (Å²) in [7, 11) is 0. The van der Waals surface area contributed by atoms with Crippen LogP contribution in [0.4, 0.5) is 0 Å². The van der Waals surface area contributed by atoms with E-state index in [0.29, 0.717) is 21.2 Å². The second-order valence-electron chi connectivity index (χ2n) is 8.88. The first-order valence-corrected chi connectivity index (χ1v) is 10.8. The smallest absolute Gasteiger partial charge is 0.254 e. The van der Waals surface area contributed by atoms with Crippen molar-refractivity contribution in [3.63, 3.8) is 0 Å². The van der Waals surface area contributed by atoms with Crippen molar-refractivity contribution in [3.05, 3.63) is 40.8 Å². The number of aromatic nitrogens is 2. The van der Waals surface area contributed by atoms with E-state index in [1.165, 1.54) is 43.2 Å². The Balaban J connectivity index is 1.43. The lowest BCUT2D eigenvalue weighted by Crippen LogP contribution is -2.51. The molecule has 0 unspecified atom stereocenters. The Morgan fingerprint density at radius 2 is 2.00 bits per heavy atom. The molecule has 6 nitrogen and oxygen atoms in total. The van der Waals surface area contributed by atoms with Crippen LogP contribution < -0.4 is 11.1 Å². The highest BCUT2D eigenvalue weighted by Gasteiger charge is 2.50. The molecule has 0 radical (unpaired) electrons. The van der Waals surface area contributed by atoms with Gasteiger partial charge in [-0.05, 0) is 84.5 Å². The lowest BCUT2D eigenvalue weighted by Gasteiger charge is -2.56. The Morgan fingerprint density at radius 3 is 2.57 bits per heavy atom. The predicted octanol–water partition coefficient (Wildman–Crippen LogP) is 3.72. The summed E-state index contributed by atoms with van der Waals surface area (Å²) in [6, 6.07) is 0. The molecule has 0 atom stereocenters. The monoisotopic (exact) mass is 445 g/mol. The molecule has 4 aliphatic carbocycles. The highest BCUT2D eigenvalue weighted by molar-refractivity contribution is 9.11. The molecule has 1 aromatic rings. The maximum absolute atomic E-state index is 12.8. The predicted molar refractivity (Wildman–Crippen MR) is 114 cm³/mol. The molecule has 1 heterocycles. The van der Waals surface area contributed by atoms with Crippen LogP contribution in [-0.2, 0) is 0 Å². The number of halogens is 1. The van der Waals surface area contributed by atoms with Gasteiger partial charge in [-0.15, -0.1) is 0 Å². The maximum atomic E-state index is 12.8. The zero-order valence-electron chi connectivity index (χ0n) is 16.3. The molecule has 5 rings (SSSR count). The van der Waals surface area contributed by atoms with Crippen LogP contribution in [0.5, 0.6) is 0 Å². The van der Waals surface area contributed by atoms with Gasteiger partial charge in [-0.1, -0.05) is 12.7 Å². The van der Waals surface area contributed by atoms with Gasteiger partial charge < -0.3 is 11.1 Å². The van der Waals surface area contributed by atoms with Crippen LogP contribution >= 0.6 is 15.9 Å². The summed E-state index contributed by atoms with van der Waals surface area (Å²) in [6.07, 6.45) is 12.9. The number of nitrogens with two attached hydrogens (primary N) is 1. The average Bonchev–Trinajstić information content (AvgIpc) is 3.04. The van der Waals surface area contributed by atoms with Crippen molar-refractivity contribution in [3.8, 4) is 0 Å². The summed E-state index contributed by atoms with van der Waals surface area (Å²) in [6.45, 7) is 6.23. The number of carbonyl (C=O) groups is 1. The Kier molecular flexibility index (Phi) is 5.21. The molecule has 0 spiro atoms. The molecule has 0 saturated heterocycles. The minimum absolute atomic E-state index is 0.0740. The van der Waals surface area contributed by atoms with Gasteiger partial charge >= 0.3 is 0 Å². The van der Waals surface area contributed by atoms with Crippen LogP contribution in [0.15, 0.2) is 34.5 Å². The van der Waals surface area contributed by atoms with Crippen molar-refractivity contribution >= 4 is 27.8 Å². The molecular formula is C21H28BrN5O. The Hall–Kier alpha value is -1.89. The summed E-state index contributed by atoms with van der Waals surface area (Å²) in [4.78, 5) is 17.0. The summed E-state index contributed by atoms with van der Waals surface area (Å²) in [5, 5.41) is 7.54. The molecule has 0 aliphatic heterocycles. The summed E-state index contributed by atoms with van der Waals surface area (Å²) < 4.78 is 2.15. The average molecular weight is 446 g/mol. The quantitative estimate of drug-likeness (QED) is 0.411. The number of carbonyl (C=O) groups excluding carboxylic acids is 1. The molecule has 4 saturated carbocycles. The fourth-order valence-electron chi connectivity index (χ4n) is 5.91. The molecule has 4 aliphatic rings. The van der Waals surface area contributed by atoms with E-state index in [4.69, 9.17) is 5.73 Å². The van der Waals surface area contributed by atoms with E-state index in [2.05, 4.69) is 37.9 Å². The fourth-order valence-corrected chi connectivity index (χ4v) is 6.01. The SMILES string of the molecule is C=C/C(Br)=C\N=C(N)n1cc(C(=O)NCC23CC4CC(CC(C4)C2)C3)c(C)n1. The van der Waals surface area contributed by atoms with E-state index in [1.807, 2.05) is 6.92 Å². The van der Waals surface area contributed by atoms with Crippen LogP contribution in [0.2, 0.25) is 0 Å². The molecule has 1 amide bonds. The molecule has 7 heteroatoms. The van der Waals surface area contributed by atoms with Gasteiger partial charge in [0.15, 0.2) is 0 Å². The number of allylic oxidation sites excluding steroid dienone is 2. The largest absolute Gasteiger partial charge is 0.368 e. The number of aliphatic imine (C=N–C) groups is 1. The minimum atomic E-state index is -0.0740. The molecule has 4 bridgehead atoms. The lowest BCUT2D eigenvalue weighted by molar-refractivity contribution is -0.0503. The second kappa shape index (κ2) is 7.50. The third-order valence-electron chi connectivity index (χ3n) is 6.68. The first-order valence-electron chi connectivity index (χ1n) is 10.0. The first-order chi connectivity index (χ1) is 13.4. The van der Waals surface area contributed by atoms with Gasteiger partial charge in [-0.3, -0.25) is 4.79 Å². The normalized spacial score (nSPS) is 31.9. The third-order valence-corrected chi connectivity index (χ3v) is 7.21. The van der Waals surface area contributed by atoms with Crippen LogP contribution in [0, 0.1) is 30.1 Å². The molecule has 0 aromatic carbocycles. The summed E-state index contributed by atoms with van der Waals surface area (Å²) in [5.74, 6) is 2.77. The zero-order chi connectivity index (χ0) is 19.9. The van der Waals surface area contributed by atoms with Crippen LogP contribution in [-0.4, -0.2) is 28.2 Å². The van der Waals surface area contributed by atoms with E-state index in [0.717, 1.165) is 24.3 Å². The number of aryl methyl sites for hydroxylation is 1. The van der Waals surface area contributed by atoms with Gasteiger partial charge in [0.25, 0.3) is 5.91 Å². The first kappa shape index (κ1) is 19.4. The van der Waals surface area contributed by atoms with Crippen molar-refractivity contribution < 1.29 is 4.79 Å². The number of nitrogens with one attached hydrogen (secondary N) is 1. The van der Waals surface area contributed by atoms with Gasteiger partial charge in [0.2, 0.25) is 5.96 Å². The topological polar surface area (TPSA) is 85.3 Å². The van der Waals surface area contributed by atoms with Gasteiger partial charge in [-0.2, -0.15) is 5.10 Å². The number of nitrogens with zero attached hydrogens (tertiary/aromatic N) is 3. The Morgan fingerprint density at radius 1 is 1.39 bits per heavy atom. The summed E-state index contributed by atoms with van der Waals surface area (Å²) in [5.41, 5.74) is 7.49. The van der Waals surface area contributed by atoms with Crippen molar-refractivity contribution in [1.82, 2.24) is 15.1 Å². The van der Waals surface area contributed by atoms with E-state index in [1.54, 1.807) is 18.5 Å². The van der Waals surface area contributed by atoms with Gasteiger partial charge in [0.1, 0.15) is 0 Å². The van der Waals surface area contributed by atoms with E-state index in [9.17, 15) is 4.79 Å². The maximum Gasteiger partial charge on any atom is 0.254 e. The van der Waals surface area contributed by atoms with Gasteiger partial charge in [0, 0.05) is 23.4 Å². The van der Waals surface area contributed by atoms with Crippen LogP contribution in [0.1, 0.15) is 54.6 Å². The molecule has 1 aromatic heterocycles. The van der Waals surface area contributed by atoms with Crippen LogP contribution in [0.25, 0.3) is 0 Å². The van der Waals surface area contributed by atoms with Gasteiger partial charge in [0.05, 0.1) is 11.3 Å². The lowest BCUT2D eigenvalue weighted by atomic mass is 9.49. The van der Waals surface area contributed by atoms with Crippen molar-refractivity contribution in [2.45, 2.75) is 45.4 Å². The number of hydrogen-bond acceptors (Lipinski definition) is 3. The number of amides is 1. The Labute approximate surface area is 174 Å². The van der Waals surface area contributed by atoms with E-state index >= 15 is 0 Å². The second-order valence-corrected chi connectivity index (χ2v) is 9.79. The van der Waals surface area contributed by atoms with E-state index in [-0.39, 0.29) is 11.9 Å². The number of rotatable bonds is 5. The molecule has 4 fully saturated rings. The standard InChI is InChI=1S/C21H28BrN5O/c1-3-17(22)10-24-20(23)27-11-18(13(2)26-27)19(28)25-12-21-7-14-4-15(8-21)6-16(5-14)9-21/h3,10-11,14-16H,1,4-9,12H2,2H3,(H2,23,24)(H,25,28)/b17-10+. The molecule has 28 heavy (non-hydrogen) atoms. The van der Waals surface area contributed by atoms with Crippen molar-refractivity contribution in [2.75, 3.05) is 6.54 Å². The fraction of sp³-hybridized carbons (Fsp3) is 0.571. The van der Waals surface area contributed by atoms with Crippen molar-refractivity contribution in [1.29, 1.82) is 0 Å². The van der Waals surface area contributed by atoms with Crippen molar-refractivity contribution in [2.24, 2.45) is 33.9 Å². The highest BCUT2D eigenvalue weighted by Crippen LogP contribution is 2.59. The molecular weight excluding hydrogens is 418 g/mol. The Bertz CT molecular complexity index is 818. The summed E-state index contributed by atoms with van der Waals surface area (Å²) >= 11 is 3.29. The highest BCUT2D eigenvalue weighted by atomic mass is 79.9.